The molecule has 0 aromatic rings. The number of nitrogens with zero attached hydrogens (tertiary/aromatic N) is 1. The smallest absolute Gasteiger partial charge is 0.338 e. The predicted molar refractivity (Wildman–Crippen MR) is 54.0 cm³/mol. The van der Waals surface area contributed by atoms with Crippen molar-refractivity contribution < 1.29 is 18.0 Å². The minimum Gasteiger partial charge on any atom is -0.338 e. The monoisotopic (exact) mass is 238 g/mol. The summed E-state index contributed by atoms with van der Waals surface area (Å²) in [5.41, 5.74) is 0. The van der Waals surface area contributed by atoms with E-state index in [1.165, 1.54) is 4.90 Å². The molecule has 1 atom stereocenters. The molecule has 16 heavy (non-hydrogen) atoms. The number of hydrogen-bond acceptors (Lipinski definition) is 2. The van der Waals surface area contributed by atoms with E-state index in [9.17, 15) is 18.0 Å². The lowest BCUT2D eigenvalue weighted by molar-refractivity contribution is -0.162. The Morgan fingerprint density at radius 1 is 1.50 bits per heavy atom. The van der Waals surface area contributed by atoms with Crippen LogP contribution in [0.25, 0.3) is 0 Å². The molecule has 1 unspecified atom stereocenters. The highest BCUT2D eigenvalue weighted by Gasteiger charge is 2.35. The van der Waals surface area contributed by atoms with E-state index < -0.39 is 18.5 Å². The molecular weight excluding hydrogens is 221 g/mol. The van der Waals surface area contributed by atoms with Crippen molar-refractivity contribution in [3.63, 3.8) is 0 Å². The molecule has 6 heteroatoms. The lowest BCUT2D eigenvalue weighted by Crippen LogP contribution is -2.43. The molecule has 0 aromatic carbocycles. The molecular formula is C10H17F3N2O. The number of nitrogens with one attached hydrogen (secondary N) is 1. The second kappa shape index (κ2) is 5.52. The summed E-state index contributed by atoms with van der Waals surface area (Å²) in [5, 5.41) is 3.05. The highest BCUT2D eigenvalue weighted by molar-refractivity contribution is 5.77. The Morgan fingerprint density at radius 2 is 2.19 bits per heavy atom. The van der Waals surface area contributed by atoms with Gasteiger partial charge < -0.3 is 10.2 Å². The van der Waals surface area contributed by atoms with E-state index in [1.807, 2.05) is 6.92 Å². The van der Waals surface area contributed by atoms with Gasteiger partial charge in [0.2, 0.25) is 5.91 Å². The van der Waals surface area contributed by atoms with Gasteiger partial charge in [-0.2, -0.15) is 13.2 Å². The zero-order valence-electron chi connectivity index (χ0n) is 9.31. The van der Waals surface area contributed by atoms with Crippen molar-refractivity contribution in [1.82, 2.24) is 10.2 Å². The van der Waals surface area contributed by atoms with Gasteiger partial charge in [0.05, 0.1) is 0 Å². The lowest BCUT2D eigenvalue weighted by Gasteiger charge is -2.28. The first-order chi connectivity index (χ1) is 7.44. The molecule has 1 aliphatic rings. The summed E-state index contributed by atoms with van der Waals surface area (Å²) in [5.74, 6) is -0.803. The Bertz CT molecular complexity index is 237. The first-order valence-electron chi connectivity index (χ1n) is 5.51. The summed E-state index contributed by atoms with van der Waals surface area (Å²) >= 11 is 0. The van der Waals surface area contributed by atoms with Crippen LogP contribution in [0.4, 0.5) is 13.2 Å². The summed E-state index contributed by atoms with van der Waals surface area (Å²) < 4.78 is 36.4. The first kappa shape index (κ1) is 13.3. The van der Waals surface area contributed by atoms with Crippen LogP contribution in [0.15, 0.2) is 0 Å². The number of rotatable bonds is 4. The van der Waals surface area contributed by atoms with E-state index in [0.717, 1.165) is 13.0 Å². The first-order valence-corrected chi connectivity index (χ1v) is 5.51. The average Bonchev–Trinajstić information content (AvgIpc) is 2.63. The van der Waals surface area contributed by atoms with Crippen molar-refractivity contribution in [1.29, 1.82) is 0 Å². The summed E-state index contributed by atoms with van der Waals surface area (Å²) in [6.45, 7) is 3.63. The highest BCUT2D eigenvalue weighted by Crippen LogP contribution is 2.22. The van der Waals surface area contributed by atoms with Gasteiger partial charge in [0.1, 0.15) is 6.42 Å². The maximum Gasteiger partial charge on any atom is 0.397 e. The van der Waals surface area contributed by atoms with Gasteiger partial charge in [-0.25, -0.2) is 0 Å². The molecule has 1 rings (SSSR count). The van der Waals surface area contributed by atoms with Crippen LogP contribution >= 0.6 is 0 Å². The van der Waals surface area contributed by atoms with Crippen molar-refractivity contribution in [3.05, 3.63) is 0 Å². The molecule has 0 spiro atoms. The quantitative estimate of drug-likeness (QED) is 0.805. The summed E-state index contributed by atoms with van der Waals surface area (Å²) in [6.07, 6.45) is -4.33. The van der Waals surface area contributed by atoms with E-state index in [-0.39, 0.29) is 6.04 Å². The van der Waals surface area contributed by atoms with Crippen LogP contribution in [0.1, 0.15) is 26.2 Å². The zero-order valence-corrected chi connectivity index (χ0v) is 9.31. The Hall–Kier alpha value is -0.780. The van der Waals surface area contributed by atoms with Gasteiger partial charge in [0.25, 0.3) is 0 Å². The molecule has 1 aliphatic heterocycles. The fraction of sp³-hybridized carbons (Fsp3) is 0.900. The van der Waals surface area contributed by atoms with E-state index in [0.29, 0.717) is 19.5 Å². The molecule has 3 nitrogen and oxygen atoms in total. The zero-order chi connectivity index (χ0) is 12.2. The van der Waals surface area contributed by atoms with E-state index in [1.54, 1.807) is 0 Å². The molecule has 1 fully saturated rings. The lowest BCUT2D eigenvalue weighted by atomic mass is 10.2. The molecule has 1 N–H and O–H groups in total. The van der Waals surface area contributed by atoms with Crippen molar-refractivity contribution in [2.45, 2.75) is 38.4 Å². The summed E-state index contributed by atoms with van der Waals surface area (Å²) in [4.78, 5) is 12.9. The summed E-state index contributed by atoms with van der Waals surface area (Å²) in [6, 6.07) is -0.0743. The van der Waals surface area contributed by atoms with E-state index >= 15 is 0 Å². The number of hydrogen-bond donors (Lipinski definition) is 1. The van der Waals surface area contributed by atoms with Crippen LogP contribution < -0.4 is 5.32 Å². The Morgan fingerprint density at radius 3 is 2.62 bits per heavy atom. The van der Waals surface area contributed by atoms with Crippen LogP contribution in [0.3, 0.4) is 0 Å². The van der Waals surface area contributed by atoms with Crippen molar-refractivity contribution in [3.8, 4) is 0 Å². The maximum atomic E-state index is 12.1. The topological polar surface area (TPSA) is 32.3 Å². The maximum absolute atomic E-state index is 12.1. The number of alkyl halides is 3. The van der Waals surface area contributed by atoms with Crippen LogP contribution in [0, 0.1) is 0 Å². The molecule has 0 aliphatic carbocycles. The van der Waals surface area contributed by atoms with Crippen molar-refractivity contribution in [2.75, 3.05) is 19.6 Å². The third kappa shape index (κ3) is 4.00. The molecule has 94 valence electrons. The molecule has 1 saturated heterocycles. The van der Waals surface area contributed by atoms with Crippen molar-refractivity contribution >= 4 is 5.91 Å². The molecule has 0 aromatic heterocycles. The largest absolute Gasteiger partial charge is 0.397 e. The van der Waals surface area contributed by atoms with Gasteiger partial charge in [0, 0.05) is 19.1 Å². The predicted octanol–water partition coefficient (Wildman–Crippen LogP) is 1.54. The van der Waals surface area contributed by atoms with Crippen LogP contribution in [0.2, 0.25) is 0 Å². The van der Waals surface area contributed by atoms with Gasteiger partial charge in [-0.1, -0.05) is 6.92 Å². The Labute approximate surface area is 93.0 Å². The normalized spacial score (nSPS) is 21.1. The SMILES string of the molecule is CCCN(C(=O)CC(F)(F)F)C1CCNC1. The van der Waals surface area contributed by atoms with E-state index in [4.69, 9.17) is 0 Å². The minimum absolute atomic E-state index is 0.0743. The second-order valence-electron chi connectivity index (χ2n) is 4.03. The van der Waals surface area contributed by atoms with Crippen LogP contribution in [-0.2, 0) is 4.79 Å². The van der Waals surface area contributed by atoms with Crippen LogP contribution in [-0.4, -0.2) is 42.7 Å². The number of carbonyl (C=O) groups is 1. The third-order valence-electron chi connectivity index (χ3n) is 2.61. The fourth-order valence-corrected chi connectivity index (χ4v) is 1.93. The van der Waals surface area contributed by atoms with Gasteiger partial charge in [0.15, 0.2) is 0 Å². The van der Waals surface area contributed by atoms with Gasteiger partial charge in [-0.05, 0) is 19.4 Å². The molecule has 1 heterocycles. The van der Waals surface area contributed by atoms with Crippen LogP contribution in [0.5, 0.6) is 0 Å². The van der Waals surface area contributed by atoms with Gasteiger partial charge >= 0.3 is 6.18 Å². The highest BCUT2D eigenvalue weighted by atomic mass is 19.4. The molecule has 0 radical (unpaired) electrons. The van der Waals surface area contributed by atoms with Gasteiger partial charge in [-0.15, -0.1) is 0 Å². The third-order valence-corrected chi connectivity index (χ3v) is 2.61. The van der Waals surface area contributed by atoms with Crippen molar-refractivity contribution in [2.24, 2.45) is 0 Å². The Kier molecular flexibility index (Phi) is 4.58. The molecule has 1 amide bonds. The number of halogens is 3. The molecule has 0 saturated carbocycles. The Balaban J connectivity index is 2.57. The van der Waals surface area contributed by atoms with E-state index in [2.05, 4.69) is 5.32 Å². The number of amides is 1. The summed E-state index contributed by atoms with van der Waals surface area (Å²) in [7, 11) is 0. The minimum atomic E-state index is -4.41. The fourth-order valence-electron chi connectivity index (χ4n) is 1.93. The second-order valence-corrected chi connectivity index (χ2v) is 4.03. The standard InChI is InChI=1S/C10H17F3N2O/c1-2-5-15(8-3-4-14-7-8)9(16)6-10(11,12)13/h8,14H,2-7H2,1H3. The number of carbonyl (C=O) groups excluding carboxylic acids is 1. The molecule has 0 bridgehead atoms. The van der Waals surface area contributed by atoms with Gasteiger partial charge in [-0.3, -0.25) is 4.79 Å². The average molecular weight is 238 g/mol.